The van der Waals surface area contributed by atoms with Gasteiger partial charge in [-0.1, -0.05) is 41.4 Å². The Balaban J connectivity index is 2.02. The molecule has 0 unspecified atom stereocenters. The first kappa shape index (κ1) is 24.1. The van der Waals surface area contributed by atoms with Crippen LogP contribution in [0.4, 0.5) is 0 Å². The lowest BCUT2D eigenvalue weighted by molar-refractivity contribution is 0.327. The van der Waals surface area contributed by atoms with Gasteiger partial charge in [0.05, 0.1) is 21.8 Å². The molecule has 0 spiro atoms. The van der Waals surface area contributed by atoms with E-state index in [0.717, 1.165) is 5.56 Å². The quantitative estimate of drug-likeness (QED) is 0.139. The minimum Gasteiger partial charge on any atom is -0.490 e. The predicted molar refractivity (Wildman–Crippen MR) is 134 cm³/mol. The number of hydrogen-bond donors (Lipinski definition) is 0. The molecule has 0 radical (unpaired) electrons. The van der Waals surface area contributed by atoms with Crippen molar-refractivity contribution < 1.29 is 17.3 Å². The summed E-state index contributed by atoms with van der Waals surface area (Å²) in [6, 6.07) is 18.9. The van der Waals surface area contributed by atoms with Gasteiger partial charge in [-0.05, 0) is 90.0 Å². The van der Waals surface area contributed by atoms with Crippen molar-refractivity contribution in [3.05, 3.63) is 85.9 Å². The summed E-state index contributed by atoms with van der Waals surface area (Å²) in [7, 11) is -4.05. The van der Waals surface area contributed by atoms with Gasteiger partial charge in [-0.3, -0.25) is 0 Å². The van der Waals surface area contributed by atoms with Crippen molar-refractivity contribution in [1.29, 1.82) is 5.26 Å². The van der Waals surface area contributed by atoms with Crippen molar-refractivity contribution in [3.8, 4) is 17.6 Å². The average molecular weight is 580 g/mol. The van der Waals surface area contributed by atoms with E-state index in [1.165, 1.54) is 12.1 Å². The fourth-order valence-electron chi connectivity index (χ4n) is 2.85. The zero-order valence-corrected chi connectivity index (χ0v) is 21.0. The second-order valence-electron chi connectivity index (χ2n) is 6.79. The number of aryl methyl sites for hydroxylation is 1. The lowest BCUT2D eigenvalue weighted by Gasteiger charge is -2.15. The van der Waals surface area contributed by atoms with Crippen molar-refractivity contribution in [3.63, 3.8) is 0 Å². The molecule has 0 saturated heterocycles. The van der Waals surface area contributed by atoms with Gasteiger partial charge in [0.1, 0.15) is 4.90 Å². The monoisotopic (exact) mass is 579 g/mol. The first-order valence-electron chi connectivity index (χ1n) is 9.58. The molecule has 3 aromatic carbocycles. The van der Waals surface area contributed by atoms with E-state index < -0.39 is 10.1 Å². The third-order valence-electron chi connectivity index (χ3n) is 4.42. The lowest BCUT2D eigenvalue weighted by Crippen LogP contribution is -2.12. The normalized spacial score (nSPS) is 11.7. The molecule has 0 amide bonds. The highest BCUT2D eigenvalue weighted by molar-refractivity contribution is 14.1. The van der Waals surface area contributed by atoms with Crippen LogP contribution in [0.15, 0.2) is 65.6 Å². The Morgan fingerprint density at radius 2 is 1.78 bits per heavy atom. The second kappa shape index (κ2) is 10.4. The van der Waals surface area contributed by atoms with Crippen LogP contribution in [0.2, 0.25) is 5.02 Å². The molecule has 3 rings (SSSR count). The summed E-state index contributed by atoms with van der Waals surface area (Å²) in [6.07, 6.45) is 1.70. The second-order valence-corrected chi connectivity index (χ2v) is 9.94. The van der Waals surface area contributed by atoms with Gasteiger partial charge in [-0.25, -0.2) is 0 Å². The van der Waals surface area contributed by atoms with Crippen LogP contribution in [-0.2, 0) is 10.1 Å². The van der Waals surface area contributed by atoms with Crippen LogP contribution in [0.1, 0.15) is 23.6 Å². The van der Waals surface area contributed by atoms with E-state index in [-0.39, 0.29) is 16.4 Å². The predicted octanol–water partition coefficient (Wildman–Crippen LogP) is 6.48. The third kappa shape index (κ3) is 5.82. The number of hydrogen-bond acceptors (Lipinski definition) is 5. The first-order chi connectivity index (χ1) is 15.2. The number of ether oxygens (including phenoxy) is 1. The van der Waals surface area contributed by atoms with Crippen LogP contribution in [0.25, 0.3) is 11.6 Å². The highest BCUT2D eigenvalue weighted by atomic mass is 127. The Morgan fingerprint density at radius 3 is 2.38 bits per heavy atom. The Morgan fingerprint density at radius 1 is 1.12 bits per heavy atom. The Hall–Kier alpha value is -2.54. The van der Waals surface area contributed by atoms with Gasteiger partial charge in [0, 0.05) is 5.02 Å². The summed E-state index contributed by atoms with van der Waals surface area (Å²) in [6.45, 7) is 3.98. The lowest BCUT2D eigenvalue weighted by atomic mass is 10.0. The molecule has 0 aliphatic rings. The molecule has 0 aliphatic carbocycles. The minimum atomic E-state index is -4.05. The number of benzene rings is 3. The zero-order chi connectivity index (χ0) is 23.3. The SMILES string of the molecule is CCOc1cc(/C=C(\C#N)c2ccc(Cl)cc2)cc(I)c1OS(=O)(=O)c1ccc(C)cc1. The summed E-state index contributed by atoms with van der Waals surface area (Å²) in [4.78, 5) is 0.0554. The van der Waals surface area contributed by atoms with Crippen LogP contribution in [0, 0.1) is 21.8 Å². The molecular weight excluding hydrogens is 561 g/mol. The van der Waals surface area contributed by atoms with Gasteiger partial charge in [0.2, 0.25) is 0 Å². The molecule has 0 aromatic heterocycles. The number of halogens is 2. The molecule has 5 nitrogen and oxygen atoms in total. The zero-order valence-electron chi connectivity index (χ0n) is 17.3. The number of nitriles is 1. The van der Waals surface area contributed by atoms with E-state index in [1.54, 1.807) is 61.5 Å². The molecule has 0 atom stereocenters. The van der Waals surface area contributed by atoms with E-state index in [4.69, 9.17) is 20.5 Å². The van der Waals surface area contributed by atoms with E-state index in [1.807, 2.05) is 29.5 Å². The van der Waals surface area contributed by atoms with Gasteiger partial charge in [0.25, 0.3) is 0 Å². The van der Waals surface area contributed by atoms with Crippen LogP contribution >= 0.6 is 34.2 Å². The minimum absolute atomic E-state index is 0.0554. The van der Waals surface area contributed by atoms with E-state index in [2.05, 4.69) is 6.07 Å². The van der Waals surface area contributed by atoms with Crippen molar-refractivity contribution in [2.45, 2.75) is 18.7 Å². The maximum atomic E-state index is 12.8. The molecule has 0 aliphatic heterocycles. The summed E-state index contributed by atoms with van der Waals surface area (Å²) in [5.41, 5.74) is 2.76. The molecular formula is C24H19ClINO4S. The number of allylic oxidation sites excluding steroid dienone is 1. The molecule has 0 N–H and O–H groups in total. The van der Waals surface area contributed by atoms with E-state index in [0.29, 0.717) is 31.9 Å². The molecule has 32 heavy (non-hydrogen) atoms. The smallest absolute Gasteiger partial charge is 0.339 e. The first-order valence-corrected chi connectivity index (χ1v) is 12.4. The number of nitrogens with zero attached hydrogens (tertiary/aromatic N) is 1. The maximum Gasteiger partial charge on any atom is 0.339 e. The summed E-state index contributed by atoms with van der Waals surface area (Å²) >= 11 is 7.93. The highest BCUT2D eigenvalue weighted by Gasteiger charge is 2.22. The standard InChI is InChI=1S/C24H19ClINO4S/c1-3-30-23-14-17(12-19(15-27)18-6-8-20(25)9-7-18)13-22(26)24(23)31-32(28,29)21-10-4-16(2)5-11-21/h4-14H,3H2,1-2H3/b19-12+. The van der Waals surface area contributed by atoms with Crippen molar-refractivity contribution in [2.24, 2.45) is 0 Å². The largest absolute Gasteiger partial charge is 0.490 e. The molecule has 164 valence electrons. The van der Waals surface area contributed by atoms with Crippen molar-refractivity contribution in [1.82, 2.24) is 0 Å². The fourth-order valence-corrected chi connectivity index (χ4v) is 4.82. The van der Waals surface area contributed by atoms with Crippen LogP contribution in [-0.4, -0.2) is 15.0 Å². The molecule has 0 saturated carbocycles. The molecule has 0 heterocycles. The summed E-state index contributed by atoms with van der Waals surface area (Å²) in [5, 5.41) is 10.2. The number of rotatable bonds is 7. The molecule has 8 heteroatoms. The van der Waals surface area contributed by atoms with Crippen LogP contribution in [0.5, 0.6) is 11.5 Å². The van der Waals surface area contributed by atoms with E-state index >= 15 is 0 Å². The third-order valence-corrected chi connectivity index (χ3v) is 6.71. The van der Waals surface area contributed by atoms with Crippen molar-refractivity contribution in [2.75, 3.05) is 6.61 Å². The van der Waals surface area contributed by atoms with Gasteiger partial charge in [-0.15, -0.1) is 0 Å². The molecule has 0 bridgehead atoms. The molecule has 3 aromatic rings. The Bertz CT molecular complexity index is 1300. The summed E-state index contributed by atoms with van der Waals surface area (Å²) in [5.74, 6) is 0.380. The maximum absolute atomic E-state index is 12.8. The highest BCUT2D eigenvalue weighted by Crippen LogP contribution is 2.37. The van der Waals surface area contributed by atoms with Gasteiger partial charge >= 0.3 is 10.1 Å². The van der Waals surface area contributed by atoms with Crippen LogP contribution < -0.4 is 8.92 Å². The molecule has 0 fully saturated rings. The fraction of sp³-hybridized carbons (Fsp3) is 0.125. The van der Waals surface area contributed by atoms with Gasteiger partial charge in [0.15, 0.2) is 11.5 Å². The summed E-state index contributed by atoms with van der Waals surface area (Å²) < 4.78 is 37.3. The Labute approximate surface area is 206 Å². The van der Waals surface area contributed by atoms with Gasteiger partial charge < -0.3 is 8.92 Å². The van der Waals surface area contributed by atoms with Crippen LogP contribution in [0.3, 0.4) is 0 Å². The average Bonchev–Trinajstić information content (AvgIpc) is 2.75. The van der Waals surface area contributed by atoms with Crippen molar-refractivity contribution >= 4 is 56.0 Å². The van der Waals surface area contributed by atoms with Gasteiger partial charge in [-0.2, -0.15) is 13.7 Å². The topological polar surface area (TPSA) is 76.4 Å². The Kier molecular flexibility index (Phi) is 7.82. The van der Waals surface area contributed by atoms with E-state index in [9.17, 15) is 13.7 Å².